The summed E-state index contributed by atoms with van der Waals surface area (Å²) < 4.78 is 18.2. The fourth-order valence-corrected chi connectivity index (χ4v) is 2.61. The van der Waals surface area contributed by atoms with Gasteiger partial charge in [-0.15, -0.1) is 11.8 Å². The minimum absolute atomic E-state index is 0.139. The fourth-order valence-electron chi connectivity index (χ4n) is 1.82. The van der Waals surface area contributed by atoms with Gasteiger partial charge in [-0.05, 0) is 37.0 Å². The number of thioether (sulfide) groups is 1. The first-order chi connectivity index (χ1) is 9.22. The largest absolute Gasteiger partial charge is 0.338 e. The molecule has 0 spiro atoms. The minimum Gasteiger partial charge on any atom is -0.338 e. The van der Waals surface area contributed by atoms with Crippen LogP contribution in [0.1, 0.15) is 30.6 Å². The molecule has 0 radical (unpaired) electrons. The van der Waals surface area contributed by atoms with Crippen LogP contribution in [0.4, 0.5) is 4.39 Å². The summed E-state index contributed by atoms with van der Waals surface area (Å²) in [7, 11) is 0. The second-order valence-corrected chi connectivity index (χ2v) is 5.71. The highest BCUT2D eigenvalue weighted by molar-refractivity contribution is 7.98. The van der Waals surface area contributed by atoms with Crippen LogP contribution < -0.4 is 5.73 Å². The molecule has 1 aromatic heterocycles. The van der Waals surface area contributed by atoms with Gasteiger partial charge in [-0.25, -0.2) is 4.39 Å². The normalized spacial score (nSPS) is 16.5. The zero-order valence-corrected chi connectivity index (χ0v) is 11.1. The predicted molar refractivity (Wildman–Crippen MR) is 69.9 cm³/mol. The lowest BCUT2D eigenvalue weighted by Crippen LogP contribution is -2.12. The maximum atomic E-state index is 13.0. The zero-order valence-electron chi connectivity index (χ0n) is 10.3. The number of hydrogen-bond donors (Lipinski definition) is 1. The van der Waals surface area contributed by atoms with Crippen LogP contribution >= 0.6 is 11.8 Å². The van der Waals surface area contributed by atoms with E-state index in [-0.39, 0.29) is 11.9 Å². The minimum atomic E-state index is -0.241. The van der Waals surface area contributed by atoms with Gasteiger partial charge < -0.3 is 10.3 Å². The molecule has 100 valence electrons. The fraction of sp³-hybridized carbons (Fsp3) is 0.385. The molecule has 3 rings (SSSR count). The summed E-state index contributed by atoms with van der Waals surface area (Å²) >= 11 is 1.47. The third-order valence-corrected chi connectivity index (χ3v) is 4.05. The molecule has 1 aromatic carbocycles. The number of benzene rings is 1. The van der Waals surface area contributed by atoms with Crippen molar-refractivity contribution in [1.29, 1.82) is 0 Å². The monoisotopic (exact) mass is 279 g/mol. The maximum Gasteiger partial charge on any atom is 0.243 e. The second-order valence-electron chi connectivity index (χ2n) is 4.66. The standard InChI is InChI=1S/C13H14FN3OS/c14-9-2-1-3-10(6-9)19-7-11-16-13(18-17-11)12(15)8-4-5-8/h1-3,6,8,12H,4-5,7,15H2. The number of rotatable bonds is 5. The van der Waals surface area contributed by atoms with Crippen LogP contribution in [0.15, 0.2) is 33.7 Å². The molecule has 0 amide bonds. The van der Waals surface area contributed by atoms with Crippen LogP contribution in [0.3, 0.4) is 0 Å². The van der Waals surface area contributed by atoms with Crippen molar-refractivity contribution in [3.8, 4) is 0 Å². The van der Waals surface area contributed by atoms with Gasteiger partial charge in [0.1, 0.15) is 5.82 Å². The van der Waals surface area contributed by atoms with Gasteiger partial charge >= 0.3 is 0 Å². The molecule has 0 aliphatic heterocycles. The number of halogens is 1. The van der Waals surface area contributed by atoms with Crippen LogP contribution in [-0.2, 0) is 5.75 Å². The Kier molecular flexibility index (Phi) is 3.52. The molecule has 1 unspecified atom stereocenters. The smallest absolute Gasteiger partial charge is 0.243 e. The molecule has 6 heteroatoms. The zero-order chi connectivity index (χ0) is 13.2. The van der Waals surface area contributed by atoms with Crippen LogP contribution in [-0.4, -0.2) is 10.1 Å². The molecule has 1 fully saturated rings. The van der Waals surface area contributed by atoms with Crippen molar-refractivity contribution in [2.75, 3.05) is 0 Å². The Balaban J connectivity index is 1.61. The topological polar surface area (TPSA) is 64.9 Å². The molecule has 4 nitrogen and oxygen atoms in total. The van der Waals surface area contributed by atoms with Crippen molar-refractivity contribution in [2.45, 2.75) is 29.5 Å². The Hall–Kier alpha value is -1.40. The van der Waals surface area contributed by atoms with Gasteiger partial charge in [-0.2, -0.15) is 4.98 Å². The lowest BCUT2D eigenvalue weighted by atomic mass is 10.2. The Morgan fingerprint density at radius 1 is 1.47 bits per heavy atom. The molecule has 19 heavy (non-hydrogen) atoms. The number of nitrogens with zero attached hydrogens (tertiary/aromatic N) is 2. The van der Waals surface area contributed by atoms with Gasteiger partial charge in [0, 0.05) is 4.90 Å². The summed E-state index contributed by atoms with van der Waals surface area (Å²) in [6.45, 7) is 0. The van der Waals surface area contributed by atoms with Crippen LogP contribution in [0, 0.1) is 11.7 Å². The van der Waals surface area contributed by atoms with Gasteiger partial charge in [0.15, 0.2) is 5.82 Å². The molecule has 0 saturated heterocycles. The maximum absolute atomic E-state index is 13.0. The Bertz CT molecular complexity index is 571. The van der Waals surface area contributed by atoms with Crippen molar-refractivity contribution >= 4 is 11.8 Å². The van der Waals surface area contributed by atoms with E-state index in [1.54, 1.807) is 6.07 Å². The van der Waals surface area contributed by atoms with Gasteiger partial charge in [0.2, 0.25) is 5.89 Å². The van der Waals surface area contributed by atoms with Gasteiger partial charge in [-0.3, -0.25) is 0 Å². The summed E-state index contributed by atoms with van der Waals surface area (Å²) in [6.07, 6.45) is 2.27. The lowest BCUT2D eigenvalue weighted by molar-refractivity contribution is 0.341. The van der Waals surface area contributed by atoms with Crippen molar-refractivity contribution in [3.63, 3.8) is 0 Å². The van der Waals surface area contributed by atoms with E-state index in [2.05, 4.69) is 10.1 Å². The summed E-state index contributed by atoms with van der Waals surface area (Å²) in [5.41, 5.74) is 5.99. The van der Waals surface area contributed by atoms with Crippen molar-refractivity contribution < 1.29 is 8.91 Å². The molecule has 0 bridgehead atoms. The van der Waals surface area contributed by atoms with Crippen LogP contribution in [0.2, 0.25) is 0 Å². The van der Waals surface area contributed by atoms with E-state index in [4.69, 9.17) is 10.3 Å². The molecule has 1 atom stereocenters. The average molecular weight is 279 g/mol. The van der Waals surface area contributed by atoms with E-state index in [9.17, 15) is 4.39 Å². The van der Waals surface area contributed by atoms with Gasteiger partial charge in [0.05, 0.1) is 11.8 Å². The first-order valence-corrected chi connectivity index (χ1v) is 7.17. The van der Waals surface area contributed by atoms with E-state index in [1.165, 1.54) is 23.9 Å². The highest BCUT2D eigenvalue weighted by Crippen LogP contribution is 2.38. The summed E-state index contributed by atoms with van der Waals surface area (Å²) in [6, 6.07) is 6.31. The molecule has 1 saturated carbocycles. The van der Waals surface area contributed by atoms with Crippen molar-refractivity contribution in [2.24, 2.45) is 11.7 Å². The predicted octanol–water partition coefficient (Wildman–Crippen LogP) is 2.91. The molecule has 1 aliphatic rings. The Morgan fingerprint density at radius 3 is 3.05 bits per heavy atom. The average Bonchev–Trinajstić information content (AvgIpc) is 3.14. The van der Waals surface area contributed by atoms with E-state index in [1.807, 2.05) is 6.07 Å². The highest BCUT2D eigenvalue weighted by Gasteiger charge is 2.33. The Labute approximate surface area is 114 Å². The second kappa shape index (κ2) is 5.30. The summed E-state index contributed by atoms with van der Waals surface area (Å²) in [5.74, 6) is 1.90. The van der Waals surface area contributed by atoms with E-state index in [0.717, 1.165) is 17.7 Å². The first kappa shape index (κ1) is 12.6. The molecule has 1 aliphatic carbocycles. The molecule has 2 N–H and O–H groups in total. The van der Waals surface area contributed by atoms with E-state index >= 15 is 0 Å². The van der Waals surface area contributed by atoms with E-state index in [0.29, 0.717) is 23.4 Å². The van der Waals surface area contributed by atoms with E-state index < -0.39 is 0 Å². The quantitative estimate of drug-likeness (QED) is 0.852. The highest BCUT2D eigenvalue weighted by atomic mass is 32.2. The van der Waals surface area contributed by atoms with Crippen LogP contribution in [0.25, 0.3) is 0 Å². The molecular formula is C13H14FN3OS. The summed E-state index contributed by atoms with van der Waals surface area (Å²) in [5, 5.41) is 3.90. The molecule has 1 heterocycles. The van der Waals surface area contributed by atoms with Gasteiger partial charge in [0.25, 0.3) is 0 Å². The lowest BCUT2D eigenvalue weighted by Gasteiger charge is -2.01. The van der Waals surface area contributed by atoms with Gasteiger partial charge in [-0.1, -0.05) is 11.2 Å². The first-order valence-electron chi connectivity index (χ1n) is 6.19. The Morgan fingerprint density at radius 2 is 2.32 bits per heavy atom. The molecule has 2 aromatic rings. The van der Waals surface area contributed by atoms with Crippen molar-refractivity contribution in [3.05, 3.63) is 41.8 Å². The third kappa shape index (κ3) is 3.13. The third-order valence-electron chi connectivity index (χ3n) is 3.06. The number of aromatic nitrogens is 2. The number of hydrogen-bond acceptors (Lipinski definition) is 5. The summed E-state index contributed by atoms with van der Waals surface area (Å²) in [4.78, 5) is 5.14. The van der Waals surface area contributed by atoms with Crippen molar-refractivity contribution in [1.82, 2.24) is 10.1 Å². The SMILES string of the molecule is NC(c1nc(CSc2cccc(F)c2)no1)C1CC1. The van der Waals surface area contributed by atoms with Crippen LogP contribution in [0.5, 0.6) is 0 Å². The number of nitrogens with two attached hydrogens (primary N) is 1. The molecular weight excluding hydrogens is 265 g/mol.